The third kappa shape index (κ3) is 3.67. The minimum atomic E-state index is -0.446. The van der Waals surface area contributed by atoms with Crippen molar-refractivity contribution in [1.82, 2.24) is 0 Å². The molecule has 3 aromatic rings. The molecule has 3 rings (SSSR count). The minimum absolute atomic E-state index is 0.113. The molecule has 8 heteroatoms. The highest BCUT2D eigenvalue weighted by molar-refractivity contribution is 9.10. The topological polar surface area (TPSA) is 77.5 Å². The first kappa shape index (κ1) is 18.6. The maximum atomic E-state index is 12.5. The van der Waals surface area contributed by atoms with Gasteiger partial charge in [0.25, 0.3) is 5.91 Å². The molecule has 0 aliphatic heterocycles. The highest BCUT2D eigenvalue weighted by Crippen LogP contribution is 2.37. The van der Waals surface area contributed by atoms with E-state index in [2.05, 4.69) is 21.2 Å². The Morgan fingerprint density at radius 2 is 2.00 bits per heavy atom. The van der Waals surface area contributed by atoms with Gasteiger partial charge in [-0.2, -0.15) is 0 Å². The lowest BCUT2D eigenvalue weighted by molar-refractivity contribution is 0.0997. The molecule has 0 aliphatic carbocycles. The molecule has 134 valence electrons. The highest BCUT2D eigenvalue weighted by atomic mass is 79.9. The maximum absolute atomic E-state index is 12.5. The molecule has 0 unspecified atom stereocenters. The second-order valence-corrected chi connectivity index (χ2v) is 6.94. The third-order valence-corrected chi connectivity index (χ3v) is 5.03. The number of halogens is 3. The lowest BCUT2D eigenvalue weighted by Crippen LogP contribution is -2.12. The van der Waals surface area contributed by atoms with Gasteiger partial charge in [-0.25, -0.2) is 0 Å². The van der Waals surface area contributed by atoms with Crippen molar-refractivity contribution in [3.8, 4) is 17.1 Å². The third-order valence-electron chi connectivity index (χ3n) is 3.58. The summed E-state index contributed by atoms with van der Waals surface area (Å²) in [7, 11) is 1.49. The largest absolute Gasteiger partial charge is 0.494 e. The van der Waals surface area contributed by atoms with Crippen LogP contribution in [-0.4, -0.2) is 13.0 Å². The molecule has 0 fully saturated rings. The minimum Gasteiger partial charge on any atom is -0.494 e. The fraction of sp³-hybridized carbons (Fsp3) is 0.0556. The molecule has 0 saturated carbocycles. The van der Waals surface area contributed by atoms with Crippen molar-refractivity contribution in [1.29, 1.82) is 0 Å². The van der Waals surface area contributed by atoms with Gasteiger partial charge in [0.15, 0.2) is 5.76 Å². The molecule has 0 spiro atoms. The summed E-state index contributed by atoms with van der Waals surface area (Å²) >= 11 is 15.6. The Kier molecular flexibility index (Phi) is 5.46. The van der Waals surface area contributed by atoms with Crippen molar-refractivity contribution >= 4 is 56.4 Å². The van der Waals surface area contributed by atoms with Gasteiger partial charge in [0.1, 0.15) is 11.5 Å². The first-order chi connectivity index (χ1) is 12.4. The Labute approximate surface area is 168 Å². The number of hydrogen-bond acceptors (Lipinski definition) is 4. The lowest BCUT2D eigenvalue weighted by Gasteiger charge is -2.12. The fourth-order valence-corrected chi connectivity index (χ4v) is 3.31. The average molecular weight is 456 g/mol. The molecule has 0 bridgehead atoms. The zero-order chi connectivity index (χ0) is 18.8. The van der Waals surface area contributed by atoms with Crippen LogP contribution in [0.2, 0.25) is 10.0 Å². The monoisotopic (exact) mass is 454 g/mol. The van der Waals surface area contributed by atoms with Crippen molar-refractivity contribution in [2.45, 2.75) is 0 Å². The number of benzene rings is 2. The van der Waals surface area contributed by atoms with Crippen molar-refractivity contribution in [2.75, 3.05) is 18.2 Å². The molecule has 1 amide bonds. The van der Waals surface area contributed by atoms with E-state index in [-0.39, 0.29) is 5.76 Å². The predicted octanol–water partition coefficient (Wildman–Crippen LogP) is 5.86. The second-order valence-electron chi connectivity index (χ2n) is 5.30. The van der Waals surface area contributed by atoms with Crippen LogP contribution in [0.15, 0.2) is 51.4 Å². The number of rotatable bonds is 4. The van der Waals surface area contributed by atoms with Crippen LogP contribution >= 0.6 is 39.1 Å². The van der Waals surface area contributed by atoms with Gasteiger partial charge in [-0.05, 0) is 46.3 Å². The van der Waals surface area contributed by atoms with Crippen LogP contribution in [0.25, 0.3) is 11.3 Å². The number of nitrogens with two attached hydrogens (primary N) is 1. The van der Waals surface area contributed by atoms with Crippen molar-refractivity contribution < 1.29 is 13.9 Å². The molecule has 0 saturated heterocycles. The number of hydrogen-bond donors (Lipinski definition) is 2. The second kappa shape index (κ2) is 7.61. The summed E-state index contributed by atoms with van der Waals surface area (Å²) in [5.74, 6) is 0.529. The molecule has 0 aliphatic rings. The van der Waals surface area contributed by atoms with Crippen LogP contribution in [0, 0.1) is 0 Å². The van der Waals surface area contributed by atoms with Gasteiger partial charge >= 0.3 is 0 Å². The van der Waals surface area contributed by atoms with E-state index in [0.29, 0.717) is 43.0 Å². The molecule has 3 N–H and O–H groups in total. The molecule has 5 nitrogen and oxygen atoms in total. The summed E-state index contributed by atoms with van der Waals surface area (Å²) in [6, 6.07) is 11.7. The standard InChI is InChI=1S/C18H13BrCl2N2O3/c1-25-15-8-9(22)7-11(19)17(15)23-18(24)14-6-5-13(26-14)10-3-2-4-12(20)16(10)21/h2-8H,22H2,1H3,(H,23,24). The number of nitrogens with one attached hydrogen (secondary N) is 1. The smallest absolute Gasteiger partial charge is 0.291 e. The highest BCUT2D eigenvalue weighted by Gasteiger charge is 2.18. The number of nitrogen functional groups attached to an aromatic ring is 1. The number of anilines is 2. The Morgan fingerprint density at radius 3 is 2.73 bits per heavy atom. The molecule has 0 radical (unpaired) electrons. The average Bonchev–Trinajstić information content (AvgIpc) is 3.09. The zero-order valence-corrected chi connectivity index (χ0v) is 16.6. The van der Waals surface area contributed by atoms with E-state index in [0.717, 1.165) is 0 Å². The van der Waals surface area contributed by atoms with Gasteiger partial charge < -0.3 is 20.2 Å². The quantitative estimate of drug-likeness (QED) is 0.483. The van der Waals surface area contributed by atoms with E-state index in [1.54, 1.807) is 42.5 Å². The number of methoxy groups -OCH3 is 1. The molecule has 1 heterocycles. The SMILES string of the molecule is COc1cc(N)cc(Br)c1NC(=O)c1ccc(-c2cccc(Cl)c2Cl)o1. The Bertz CT molecular complexity index is 989. The summed E-state index contributed by atoms with van der Waals surface area (Å²) < 4.78 is 11.5. The zero-order valence-electron chi connectivity index (χ0n) is 13.5. The summed E-state index contributed by atoms with van der Waals surface area (Å²) in [5, 5.41) is 3.51. The van der Waals surface area contributed by atoms with Crippen LogP contribution in [0.5, 0.6) is 5.75 Å². The summed E-state index contributed by atoms with van der Waals surface area (Å²) in [6.07, 6.45) is 0. The van der Waals surface area contributed by atoms with E-state index < -0.39 is 5.91 Å². The first-order valence-electron chi connectivity index (χ1n) is 7.39. The van der Waals surface area contributed by atoms with Gasteiger partial charge in [0, 0.05) is 21.8 Å². The van der Waals surface area contributed by atoms with Gasteiger partial charge in [0.05, 0.1) is 22.8 Å². The van der Waals surface area contributed by atoms with E-state index in [4.69, 9.17) is 38.1 Å². The van der Waals surface area contributed by atoms with Crippen molar-refractivity contribution in [3.05, 3.63) is 62.7 Å². The van der Waals surface area contributed by atoms with Crippen molar-refractivity contribution in [3.63, 3.8) is 0 Å². The number of carbonyl (C=O) groups excluding carboxylic acids is 1. The first-order valence-corrected chi connectivity index (χ1v) is 8.94. The van der Waals surface area contributed by atoms with Crippen molar-refractivity contribution in [2.24, 2.45) is 0 Å². The maximum Gasteiger partial charge on any atom is 0.291 e. The number of carbonyl (C=O) groups is 1. The van der Waals surface area contributed by atoms with Crippen LogP contribution < -0.4 is 15.8 Å². The molecule has 0 atom stereocenters. The van der Waals surface area contributed by atoms with Gasteiger partial charge in [-0.3, -0.25) is 4.79 Å². The van der Waals surface area contributed by atoms with Gasteiger partial charge in [0.2, 0.25) is 0 Å². The number of furan rings is 1. The normalized spacial score (nSPS) is 10.6. The van der Waals surface area contributed by atoms with Gasteiger partial charge in [-0.1, -0.05) is 29.3 Å². The fourth-order valence-electron chi connectivity index (χ4n) is 2.36. The van der Waals surface area contributed by atoms with E-state index >= 15 is 0 Å². The summed E-state index contributed by atoms with van der Waals surface area (Å²) in [4.78, 5) is 12.5. The number of ether oxygens (including phenoxy) is 1. The predicted molar refractivity (Wildman–Crippen MR) is 107 cm³/mol. The lowest BCUT2D eigenvalue weighted by atomic mass is 10.2. The van der Waals surface area contributed by atoms with Crippen LogP contribution in [0.4, 0.5) is 11.4 Å². The van der Waals surface area contributed by atoms with Crippen LogP contribution in [0.1, 0.15) is 10.6 Å². The molecular formula is C18H13BrCl2N2O3. The number of amides is 1. The summed E-state index contributed by atoms with van der Waals surface area (Å²) in [6.45, 7) is 0. The van der Waals surface area contributed by atoms with E-state index in [1.165, 1.54) is 7.11 Å². The molecule has 2 aromatic carbocycles. The Morgan fingerprint density at radius 1 is 1.23 bits per heavy atom. The van der Waals surface area contributed by atoms with Gasteiger partial charge in [-0.15, -0.1) is 0 Å². The van der Waals surface area contributed by atoms with Crippen LogP contribution in [-0.2, 0) is 0 Å². The Hall–Kier alpha value is -2.15. The molecule has 1 aromatic heterocycles. The molecule has 26 heavy (non-hydrogen) atoms. The van der Waals surface area contributed by atoms with E-state index in [9.17, 15) is 4.79 Å². The van der Waals surface area contributed by atoms with Crippen LogP contribution in [0.3, 0.4) is 0 Å². The Balaban J connectivity index is 1.89. The molecular weight excluding hydrogens is 443 g/mol. The van der Waals surface area contributed by atoms with E-state index in [1.807, 2.05) is 0 Å². The summed E-state index contributed by atoms with van der Waals surface area (Å²) in [5.41, 5.74) is 7.33.